The number of rotatable bonds is 6. The van der Waals surface area contributed by atoms with Gasteiger partial charge in [-0.3, -0.25) is 9.59 Å². The van der Waals surface area contributed by atoms with Crippen molar-refractivity contribution in [2.24, 2.45) is 10.1 Å². The fourth-order valence-corrected chi connectivity index (χ4v) is 5.22. The molecule has 182 valence electrons. The number of ether oxygens (including phenoxy) is 1. The fraction of sp³-hybridized carbons (Fsp3) is 0.185. The van der Waals surface area contributed by atoms with Gasteiger partial charge in [0.1, 0.15) is 16.8 Å². The Morgan fingerprint density at radius 2 is 1.81 bits per heavy atom. The molecule has 2 amide bonds. The Hall–Kier alpha value is -3.98. The van der Waals surface area contributed by atoms with Crippen molar-refractivity contribution in [3.8, 4) is 5.75 Å². The lowest BCUT2D eigenvalue weighted by Crippen LogP contribution is -2.25. The van der Waals surface area contributed by atoms with E-state index in [2.05, 4.69) is 10.3 Å². The summed E-state index contributed by atoms with van der Waals surface area (Å²) in [5.74, 6) is -0.482. The van der Waals surface area contributed by atoms with Gasteiger partial charge in [0.15, 0.2) is 5.17 Å². The first-order valence-electron chi connectivity index (χ1n) is 11.4. The lowest BCUT2D eigenvalue weighted by Gasteiger charge is -2.23. The average molecular weight is 503 g/mol. The number of para-hydroxylation sites is 2. The van der Waals surface area contributed by atoms with E-state index in [0.29, 0.717) is 23.0 Å². The molecule has 0 fully saturated rings. The van der Waals surface area contributed by atoms with Crippen LogP contribution in [-0.2, 0) is 9.59 Å². The van der Waals surface area contributed by atoms with Crippen LogP contribution in [0.1, 0.15) is 30.0 Å². The minimum absolute atomic E-state index is 0.0428. The number of aliphatic imine (C=N–C) groups is 1. The number of amidine groups is 1. The molecular weight excluding hydrogens is 479 g/mol. The summed E-state index contributed by atoms with van der Waals surface area (Å²) in [6.45, 7) is 0. The zero-order chi connectivity index (χ0) is 25.1. The van der Waals surface area contributed by atoms with Crippen molar-refractivity contribution < 1.29 is 18.7 Å². The molecule has 0 radical (unpaired) electrons. The summed E-state index contributed by atoms with van der Waals surface area (Å²) in [7, 11) is 1.53. The van der Waals surface area contributed by atoms with Crippen LogP contribution in [0, 0.1) is 5.82 Å². The average Bonchev–Trinajstić information content (AvgIpc) is 3.49. The number of nitrogens with one attached hydrogen (secondary N) is 1. The predicted molar refractivity (Wildman–Crippen MR) is 139 cm³/mol. The summed E-state index contributed by atoms with van der Waals surface area (Å²) in [5.41, 5.74) is 3.21. The van der Waals surface area contributed by atoms with Crippen LogP contribution in [0.25, 0.3) is 0 Å². The highest BCUT2D eigenvalue weighted by atomic mass is 32.2. The van der Waals surface area contributed by atoms with Crippen LogP contribution in [0.2, 0.25) is 0 Å². The SMILES string of the molecule is COc1ccccc1NC(=O)C[C@H]1SC(N2N=C(c3ccccc3)C[C@H]2c2ccc(F)cc2)=NC1=O. The lowest BCUT2D eigenvalue weighted by atomic mass is 9.99. The summed E-state index contributed by atoms with van der Waals surface area (Å²) in [4.78, 5) is 29.7. The van der Waals surface area contributed by atoms with Crippen molar-refractivity contribution in [3.63, 3.8) is 0 Å². The number of anilines is 1. The van der Waals surface area contributed by atoms with Crippen molar-refractivity contribution in [1.29, 1.82) is 0 Å². The van der Waals surface area contributed by atoms with Gasteiger partial charge in [-0.15, -0.1) is 0 Å². The molecule has 2 atom stereocenters. The molecule has 0 aliphatic carbocycles. The second-order valence-electron chi connectivity index (χ2n) is 8.32. The Morgan fingerprint density at radius 3 is 2.56 bits per heavy atom. The van der Waals surface area contributed by atoms with E-state index in [4.69, 9.17) is 9.84 Å². The van der Waals surface area contributed by atoms with E-state index in [9.17, 15) is 14.0 Å². The van der Waals surface area contributed by atoms with Gasteiger partial charge < -0.3 is 10.1 Å². The number of hydrazone groups is 1. The summed E-state index contributed by atoms with van der Waals surface area (Å²) in [6.07, 6.45) is 0.529. The van der Waals surface area contributed by atoms with Crippen molar-refractivity contribution in [2.75, 3.05) is 12.4 Å². The van der Waals surface area contributed by atoms with Crippen molar-refractivity contribution in [2.45, 2.75) is 24.1 Å². The Kier molecular flexibility index (Phi) is 6.81. The van der Waals surface area contributed by atoms with E-state index in [1.165, 1.54) is 31.0 Å². The molecular formula is C27H23FN4O3S. The Balaban J connectivity index is 1.34. The van der Waals surface area contributed by atoms with Gasteiger partial charge >= 0.3 is 0 Å². The molecule has 7 nitrogen and oxygen atoms in total. The number of thioether (sulfide) groups is 1. The van der Waals surface area contributed by atoms with Crippen molar-refractivity contribution in [3.05, 3.63) is 95.8 Å². The molecule has 0 unspecified atom stereocenters. The first kappa shape index (κ1) is 23.7. The highest BCUT2D eigenvalue weighted by Crippen LogP contribution is 2.38. The molecule has 0 saturated heterocycles. The highest BCUT2D eigenvalue weighted by molar-refractivity contribution is 8.15. The highest BCUT2D eigenvalue weighted by Gasteiger charge is 2.39. The molecule has 5 rings (SSSR count). The van der Waals surface area contributed by atoms with E-state index in [1.807, 2.05) is 36.4 Å². The number of halogens is 1. The Bertz CT molecular complexity index is 1340. The molecule has 1 N–H and O–H groups in total. The molecule has 0 bridgehead atoms. The van der Waals surface area contributed by atoms with Gasteiger partial charge in [-0.05, 0) is 35.4 Å². The van der Waals surface area contributed by atoms with Gasteiger partial charge in [-0.2, -0.15) is 10.1 Å². The van der Waals surface area contributed by atoms with Crippen LogP contribution in [0.3, 0.4) is 0 Å². The minimum atomic E-state index is -0.667. The number of benzene rings is 3. The first-order valence-corrected chi connectivity index (χ1v) is 12.3. The van der Waals surface area contributed by atoms with Gasteiger partial charge in [0.05, 0.1) is 24.6 Å². The molecule has 2 aliphatic heterocycles. The standard InChI is InChI=1S/C27H23FN4O3S/c1-35-23-10-6-5-9-20(23)29-25(33)16-24-26(34)30-27(36-24)32-22(18-11-13-19(28)14-12-18)15-21(31-32)17-7-3-2-4-8-17/h2-14,22,24H,15-16H2,1H3,(H,29,33)/t22-,24+/m0/s1. The van der Waals surface area contributed by atoms with E-state index in [1.54, 1.807) is 35.3 Å². The fourth-order valence-electron chi connectivity index (χ4n) is 4.16. The summed E-state index contributed by atoms with van der Waals surface area (Å²) >= 11 is 1.22. The number of amides is 2. The van der Waals surface area contributed by atoms with Crippen LogP contribution >= 0.6 is 11.8 Å². The number of carbonyl (C=O) groups excluding carboxylic acids is 2. The zero-order valence-corrected chi connectivity index (χ0v) is 20.2. The molecule has 3 aromatic rings. The smallest absolute Gasteiger partial charge is 0.262 e. The minimum Gasteiger partial charge on any atom is -0.495 e. The van der Waals surface area contributed by atoms with Gasteiger partial charge in [-0.25, -0.2) is 9.40 Å². The first-order chi connectivity index (χ1) is 17.5. The van der Waals surface area contributed by atoms with E-state index >= 15 is 0 Å². The van der Waals surface area contributed by atoms with E-state index < -0.39 is 5.25 Å². The normalized spacial score (nSPS) is 19.2. The quantitative estimate of drug-likeness (QED) is 0.512. The monoisotopic (exact) mass is 502 g/mol. The molecule has 0 spiro atoms. The maximum atomic E-state index is 13.6. The van der Waals surface area contributed by atoms with E-state index in [0.717, 1.165) is 16.8 Å². The van der Waals surface area contributed by atoms with Crippen LogP contribution in [0.15, 0.2) is 89.0 Å². The maximum absolute atomic E-state index is 13.6. The van der Waals surface area contributed by atoms with Gasteiger partial charge in [0.25, 0.3) is 5.91 Å². The van der Waals surface area contributed by atoms with Gasteiger partial charge in [-0.1, -0.05) is 66.4 Å². The second kappa shape index (κ2) is 10.3. The maximum Gasteiger partial charge on any atom is 0.262 e. The van der Waals surface area contributed by atoms with Crippen LogP contribution in [0.5, 0.6) is 5.75 Å². The predicted octanol–water partition coefficient (Wildman–Crippen LogP) is 5.01. The zero-order valence-electron chi connectivity index (χ0n) is 19.4. The summed E-state index contributed by atoms with van der Waals surface area (Å²) in [6, 6.07) is 22.9. The van der Waals surface area contributed by atoms with E-state index in [-0.39, 0.29) is 30.1 Å². The molecule has 3 aromatic carbocycles. The number of methoxy groups -OCH3 is 1. The van der Waals surface area contributed by atoms with Crippen molar-refractivity contribution >= 4 is 40.1 Å². The van der Waals surface area contributed by atoms with Crippen LogP contribution < -0.4 is 10.1 Å². The third kappa shape index (κ3) is 5.01. The van der Waals surface area contributed by atoms with Gasteiger partial charge in [0.2, 0.25) is 5.91 Å². The van der Waals surface area contributed by atoms with Gasteiger partial charge in [0, 0.05) is 12.8 Å². The molecule has 2 heterocycles. The number of carbonyl (C=O) groups is 2. The second-order valence-corrected chi connectivity index (χ2v) is 9.49. The number of nitrogens with zero attached hydrogens (tertiary/aromatic N) is 3. The summed E-state index contributed by atoms with van der Waals surface area (Å²) < 4.78 is 18.9. The Morgan fingerprint density at radius 1 is 1.08 bits per heavy atom. The van der Waals surface area contributed by atoms with Crippen LogP contribution in [0.4, 0.5) is 10.1 Å². The summed E-state index contributed by atoms with van der Waals surface area (Å²) in [5, 5.41) is 9.08. The number of hydrogen-bond acceptors (Lipinski definition) is 6. The molecule has 2 aliphatic rings. The topological polar surface area (TPSA) is 83.4 Å². The van der Waals surface area contributed by atoms with Crippen molar-refractivity contribution in [1.82, 2.24) is 5.01 Å². The third-order valence-electron chi connectivity index (χ3n) is 5.95. The molecule has 9 heteroatoms. The molecule has 0 saturated carbocycles. The largest absolute Gasteiger partial charge is 0.495 e. The number of hydrogen-bond donors (Lipinski definition) is 1. The van der Waals surface area contributed by atoms with Crippen LogP contribution in [-0.4, -0.2) is 40.1 Å². The lowest BCUT2D eigenvalue weighted by molar-refractivity contribution is -0.121. The third-order valence-corrected chi connectivity index (χ3v) is 7.09. The molecule has 36 heavy (non-hydrogen) atoms. The molecule has 0 aromatic heterocycles. The Labute approximate surface area is 212 Å².